The molecule has 1 amide bonds. The number of aliphatic hydroxyl groups excluding tert-OH is 1. The molecule has 0 radical (unpaired) electrons. The van der Waals surface area contributed by atoms with Gasteiger partial charge in [0.2, 0.25) is 5.91 Å². The van der Waals surface area contributed by atoms with Crippen LogP contribution in [0.2, 0.25) is 0 Å². The number of rotatable bonds is 6. The highest BCUT2D eigenvalue weighted by molar-refractivity contribution is 5.98. The van der Waals surface area contributed by atoms with Gasteiger partial charge in [-0.15, -0.1) is 0 Å². The Morgan fingerprint density at radius 3 is 2.69 bits per heavy atom. The zero-order chi connectivity index (χ0) is 22.7. The summed E-state index contributed by atoms with van der Waals surface area (Å²) in [7, 11) is 1.61. The van der Waals surface area contributed by atoms with E-state index in [0.717, 1.165) is 23.4 Å². The van der Waals surface area contributed by atoms with E-state index < -0.39 is 6.04 Å². The summed E-state index contributed by atoms with van der Waals surface area (Å²) >= 11 is 0. The van der Waals surface area contributed by atoms with Crippen LogP contribution in [0.5, 0.6) is 5.75 Å². The second-order valence-electron chi connectivity index (χ2n) is 7.88. The number of nitrogens with zero attached hydrogens (tertiary/aromatic N) is 3. The van der Waals surface area contributed by atoms with Gasteiger partial charge in [0.05, 0.1) is 37.5 Å². The topological polar surface area (TPSA) is 67.6 Å². The average Bonchev–Trinajstić information content (AvgIpc) is 3.23. The Bertz CT molecular complexity index is 1140. The molecule has 1 aliphatic rings. The predicted octanol–water partition coefficient (Wildman–Crippen LogP) is 4.07. The van der Waals surface area contributed by atoms with Crippen LogP contribution >= 0.6 is 0 Å². The first-order valence-electron chi connectivity index (χ1n) is 10.6. The Kier molecular flexibility index (Phi) is 6.37. The molecule has 0 spiro atoms. The number of aromatic nitrogens is 2. The lowest BCUT2D eigenvalue weighted by Gasteiger charge is -2.35. The molecular formula is C25H26FN3O3. The van der Waals surface area contributed by atoms with E-state index in [0.29, 0.717) is 29.9 Å². The minimum absolute atomic E-state index is 0.118. The van der Waals surface area contributed by atoms with Crippen molar-refractivity contribution < 1.29 is 19.0 Å². The van der Waals surface area contributed by atoms with Gasteiger partial charge in [0.15, 0.2) is 0 Å². The minimum atomic E-state index is -0.506. The lowest BCUT2D eigenvalue weighted by Crippen LogP contribution is -2.41. The normalized spacial score (nSPS) is 16.4. The number of amides is 1. The fraction of sp³-hybridized carbons (Fsp3) is 0.280. The van der Waals surface area contributed by atoms with Crippen LogP contribution in [0.25, 0.3) is 11.8 Å². The average molecular weight is 435 g/mol. The molecule has 3 aromatic rings. The zero-order valence-electron chi connectivity index (χ0n) is 18.2. The number of aliphatic hydroxyl groups is 1. The highest BCUT2D eigenvalue weighted by atomic mass is 19.1. The van der Waals surface area contributed by atoms with Gasteiger partial charge >= 0.3 is 0 Å². The summed E-state index contributed by atoms with van der Waals surface area (Å²) in [6.07, 6.45) is 6.97. The van der Waals surface area contributed by atoms with Crippen molar-refractivity contribution in [3.63, 3.8) is 0 Å². The molecule has 32 heavy (non-hydrogen) atoms. The molecule has 1 atom stereocenters. The van der Waals surface area contributed by atoms with Gasteiger partial charge < -0.3 is 19.3 Å². The van der Waals surface area contributed by atoms with Gasteiger partial charge in [0, 0.05) is 18.3 Å². The van der Waals surface area contributed by atoms with Crippen LogP contribution in [-0.4, -0.2) is 45.7 Å². The van der Waals surface area contributed by atoms with E-state index in [1.54, 1.807) is 30.5 Å². The number of ether oxygens (including phenoxy) is 1. The summed E-state index contributed by atoms with van der Waals surface area (Å²) in [6, 6.07) is 11.2. The number of piperidine rings is 1. The number of benzene rings is 2. The number of hydrogen-bond donors (Lipinski definition) is 1. The van der Waals surface area contributed by atoms with Crippen LogP contribution in [0.15, 0.2) is 60.6 Å². The monoisotopic (exact) mass is 435 g/mol. The molecule has 0 saturated carbocycles. The second kappa shape index (κ2) is 9.36. The van der Waals surface area contributed by atoms with Crippen molar-refractivity contribution in [3.05, 3.63) is 83.2 Å². The van der Waals surface area contributed by atoms with E-state index >= 15 is 0 Å². The molecule has 1 aromatic heterocycles. The number of imidazole rings is 1. The molecule has 0 unspecified atom stereocenters. The maximum Gasteiger partial charge on any atom is 0.250 e. The molecule has 1 fully saturated rings. The maximum absolute atomic E-state index is 13.3. The Morgan fingerprint density at radius 2 is 2.03 bits per heavy atom. The third kappa shape index (κ3) is 4.43. The predicted molar refractivity (Wildman–Crippen MR) is 120 cm³/mol. The fourth-order valence-corrected chi connectivity index (χ4v) is 4.08. The number of methoxy groups -OCH3 is 1. The van der Waals surface area contributed by atoms with Crippen molar-refractivity contribution in [2.24, 2.45) is 0 Å². The van der Waals surface area contributed by atoms with Gasteiger partial charge in [-0.3, -0.25) is 4.79 Å². The van der Waals surface area contributed by atoms with Crippen LogP contribution in [0.1, 0.15) is 35.7 Å². The molecule has 0 aliphatic carbocycles. The quantitative estimate of drug-likeness (QED) is 0.593. The van der Waals surface area contributed by atoms with Crippen LogP contribution in [0, 0.1) is 12.7 Å². The van der Waals surface area contributed by atoms with E-state index in [1.165, 1.54) is 12.1 Å². The van der Waals surface area contributed by atoms with Crippen molar-refractivity contribution in [2.75, 3.05) is 20.3 Å². The van der Waals surface area contributed by atoms with E-state index in [-0.39, 0.29) is 18.3 Å². The largest absolute Gasteiger partial charge is 0.495 e. The van der Waals surface area contributed by atoms with Crippen LogP contribution < -0.4 is 4.74 Å². The van der Waals surface area contributed by atoms with Gasteiger partial charge in [0.25, 0.3) is 0 Å². The summed E-state index contributed by atoms with van der Waals surface area (Å²) in [6.45, 7) is 2.24. The molecule has 7 heteroatoms. The zero-order valence-corrected chi connectivity index (χ0v) is 18.2. The lowest BCUT2D eigenvalue weighted by molar-refractivity contribution is -0.132. The van der Waals surface area contributed by atoms with Crippen LogP contribution in [0.4, 0.5) is 4.39 Å². The molecule has 2 heterocycles. The maximum atomic E-state index is 13.3. The molecule has 2 aromatic carbocycles. The van der Waals surface area contributed by atoms with Crippen LogP contribution in [-0.2, 0) is 4.79 Å². The Morgan fingerprint density at radius 1 is 1.25 bits per heavy atom. The number of halogens is 1. The van der Waals surface area contributed by atoms with Gasteiger partial charge in [-0.05, 0) is 61.2 Å². The van der Waals surface area contributed by atoms with Crippen molar-refractivity contribution >= 4 is 12.0 Å². The van der Waals surface area contributed by atoms with Gasteiger partial charge in [-0.2, -0.15) is 0 Å². The molecule has 4 rings (SSSR count). The first kappa shape index (κ1) is 21.8. The first-order chi connectivity index (χ1) is 15.5. The van der Waals surface area contributed by atoms with E-state index in [4.69, 9.17) is 4.74 Å². The summed E-state index contributed by atoms with van der Waals surface area (Å²) < 4.78 is 20.8. The summed E-state index contributed by atoms with van der Waals surface area (Å²) in [5.41, 5.74) is 4.01. The van der Waals surface area contributed by atoms with E-state index in [2.05, 4.69) is 4.98 Å². The summed E-state index contributed by atoms with van der Waals surface area (Å²) in [5.74, 6) is 0.212. The molecular weight excluding hydrogens is 409 g/mol. The van der Waals surface area contributed by atoms with Gasteiger partial charge in [0.1, 0.15) is 11.6 Å². The Hall–Kier alpha value is -3.45. The third-order valence-corrected chi connectivity index (χ3v) is 5.72. The lowest BCUT2D eigenvalue weighted by atomic mass is 9.97. The van der Waals surface area contributed by atoms with E-state index in [9.17, 15) is 14.3 Å². The summed E-state index contributed by atoms with van der Waals surface area (Å²) in [4.78, 5) is 19.2. The van der Waals surface area contributed by atoms with Crippen molar-refractivity contribution in [1.29, 1.82) is 0 Å². The number of aryl methyl sites for hydroxylation is 1. The molecule has 0 bridgehead atoms. The third-order valence-electron chi connectivity index (χ3n) is 5.72. The first-order valence-corrected chi connectivity index (χ1v) is 10.6. The standard InChI is InChI=1S/C25H26FN3O3/c1-17-14-28(16-27-17)22-10-5-18(13-24(22)32-2)12-20-4-3-11-29(25(20)31)23(15-30)19-6-8-21(26)9-7-19/h5-10,12-14,16,23,30H,3-4,11,15H2,1-2H3/b20-12+/t23-/m0/s1. The highest BCUT2D eigenvalue weighted by Gasteiger charge is 2.30. The molecule has 1 saturated heterocycles. The Balaban J connectivity index is 1.61. The van der Waals surface area contributed by atoms with Gasteiger partial charge in [-0.1, -0.05) is 18.2 Å². The number of hydrogen-bond acceptors (Lipinski definition) is 4. The number of carbonyl (C=O) groups excluding carboxylic acids is 1. The van der Waals surface area contributed by atoms with Crippen molar-refractivity contribution in [1.82, 2.24) is 14.5 Å². The molecule has 6 nitrogen and oxygen atoms in total. The Labute approximate surface area is 186 Å². The van der Waals surface area contributed by atoms with Crippen molar-refractivity contribution in [2.45, 2.75) is 25.8 Å². The fourth-order valence-electron chi connectivity index (χ4n) is 4.08. The summed E-state index contributed by atoms with van der Waals surface area (Å²) in [5, 5.41) is 9.97. The SMILES string of the molecule is COc1cc(/C=C2\CCCN([C@@H](CO)c3ccc(F)cc3)C2=O)ccc1-n1cnc(C)c1. The molecule has 1 aliphatic heterocycles. The molecule has 1 N–H and O–H groups in total. The van der Waals surface area contributed by atoms with Crippen LogP contribution in [0.3, 0.4) is 0 Å². The smallest absolute Gasteiger partial charge is 0.250 e. The number of likely N-dealkylation sites (tertiary alicyclic amines) is 1. The minimum Gasteiger partial charge on any atom is -0.495 e. The number of carbonyl (C=O) groups is 1. The second-order valence-corrected chi connectivity index (χ2v) is 7.88. The molecule has 166 valence electrons. The van der Waals surface area contributed by atoms with Gasteiger partial charge in [-0.25, -0.2) is 9.37 Å². The highest BCUT2D eigenvalue weighted by Crippen LogP contribution is 2.30. The van der Waals surface area contributed by atoms with E-state index in [1.807, 2.05) is 42.0 Å². The van der Waals surface area contributed by atoms with Crippen molar-refractivity contribution in [3.8, 4) is 11.4 Å².